The minimum atomic E-state index is -0.576. The first kappa shape index (κ1) is 23.4. The maximum Gasteiger partial charge on any atom is 0.287 e. The molecule has 1 saturated carbocycles. The Hall–Kier alpha value is -3.81. The number of carbonyl (C=O) groups excluding carboxylic acids is 3. The molecule has 1 atom stereocenters. The maximum atomic E-state index is 12.9. The monoisotopic (exact) mass is 463 g/mol. The summed E-state index contributed by atoms with van der Waals surface area (Å²) in [5, 5.41) is 8.35. The van der Waals surface area contributed by atoms with Gasteiger partial charge in [-0.3, -0.25) is 14.4 Å². The fourth-order valence-electron chi connectivity index (χ4n) is 4.36. The van der Waals surface area contributed by atoms with Crippen LogP contribution in [0.4, 0.5) is 0 Å². The number of benzene rings is 1. The van der Waals surface area contributed by atoms with Crippen LogP contribution in [0.2, 0.25) is 0 Å². The van der Waals surface area contributed by atoms with Crippen LogP contribution in [0.5, 0.6) is 0 Å². The first-order chi connectivity index (χ1) is 16.5. The van der Waals surface area contributed by atoms with E-state index >= 15 is 0 Å². The van der Waals surface area contributed by atoms with Crippen LogP contribution in [0.3, 0.4) is 0 Å². The second-order valence-electron chi connectivity index (χ2n) is 8.49. The van der Waals surface area contributed by atoms with Crippen LogP contribution >= 0.6 is 0 Å². The van der Waals surface area contributed by atoms with Gasteiger partial charge in [-0.2, -0.15) is 0 Å². The van der Waals surface area contributed by atoms with E-state index in [9.17, 15) is 14.4 Å². The lowest BCUT2D eigenvalue weighted by Crippen LogP contribution is -2.50. The molecule has 3 aromatic rings. The third-order valence-corrected chi connectivity index (χ3v) is 6.18. The Bertz CT molecular complexity index is 1130. The number of likely N-dealkylation sites (N-methyl/N-ethyl adjacent to an activating group) is 1. The summed E-state index contributed by atoms with van der Waals surface area (Å²) in [6.07, 6.45) is 6.59. The number of carbonyl (C=O) groups is 3. The number of hydrogen-bond donors (Lipinski definition) is 3. The zero-order chi connectivity index (χ0) is 23.9. The molecule has 8 nitrogen and oxygen atoms in total. The van der Waals surface area contributed by atoms with Crippen LogP contribution in [0, 0.1) is 5.92 Å². The zero-order valence-electron chi connectivity index (χ0n) is 19.1. The highest BCUT2D eigenvalue weighted by molar-refractivity contribution is 5.96. The Labute approximate surface area is 198 Å². The Kier molecular flexibility index (Phi) is 7.47. The first-order valence-electron chi connectivity index (χ1n) is 11.6. The van der Waals surface area contributed by atoms with Gasteiger partial charge in [-0.15, -0.1) is 0 Å². The highest BCUT2D eigenvalue weighted by Crippen LogP contribution is 2.28. The fraction of sp³-hybridized carbons (Fsp3) is 0.346. The molecule has 0 bridgehead atoms. The van der Waals surface area contributed by atoms with E-state index < -0.39 is 11.9 Å². The molecular formula is C26H29N3O5. The normalized spacial score (nSPS) is 14.9. The van der Waals surface area contributed by atoms with Gasteiger partial charge in [0.2, 0.25) is 5.91 Å². The van der Waals surface area contributed by atoms with E-state index in [4.69, 9.17) is 8.83 Å². The topological polar surface area (TPSA) is 114 Å². The molecule has 3 N–H and O–H groups in total. The van der Waals surface area contributed by atoms with Crippen molar-refractivity contribution in [3.8, 4) is 11.3 Å². The van der Waals surface area contributed by atoms with Crippen molar-refractivity contribution >= 4 is 17.7 Å². The Morgan fingerprint density at radius 2 is 1.79 bits per heavy atom. The second kappa shape index (κ2) is 10.9. The highest BCUT2D eigenvalue weighted by Gasteiger charge is 2.31. The standard InChI is InChI=1S/C26H29N3O5/c1-27-26(32)23(18-8-3-2-4-9-18)29-25(31)22-13-12-20(34-22)19-10-5-7-17(15-19)16-28-24(30)21-11-6-14-33-21/h5-7,10-15,18,23H,2-4,8-9,16H2,1H3,(H,27,32)(H,28,30)(H,29,31)/t23-/m0/s1. The van der Waals surface area contributed by atoms with Crippen LogP contribution < -0.4 is 16.0 Å². The lowest BCUT2D eigenvalue weighted by atomic mass is 9.83. The molecule has 178 valence electrons. The summed E-state index contributed by atoms with van der Waals surface area (Å²) < 4.78 is 10.9. The van der Waals surface area contributed by atoms with Crippen molar-refractivity contribution in [2.24, 2.45) is 5.92 Å². The molecule has 2 heterocycles. The molecule has 0 spiro atoms. The molecule has 34 heavy (non-hydrogen) atoms. The quantitative estimate of drug-likeness (QED) is 0.469. The van der Waals surface area contributed by atoms with Gasteiger partial charge < -0.3 is 24.8 Å². The third kappa shape index (κ3) is 5.57. The van der Waals surface area contributed by atoms with Gasteiger partial charge in [-0.1, -0.05) is 37.5 Å². The van der Waals surface area contributed by atoms with Crippen molar-refractivity contribution in [3.63, 3.8) is 0 Å². The summed E-state index contributed by atoms with van der Waals surface area (Å²) in [7, 11) is 1.58. The van der Waals surface area contributed by atoms with E-state index in [0.717, 1.165) is 43.2 Å². The molecule has 0 aliphatic heterocycles. The SMILES string of the molecule is CNC(=O)[C@@H](NC(=O)c1ccc(-c2cccc(CNC(=O)c3ccco3)c2)o1)C1CCCCC1. The summed E-state index contributed by atoms with van der Waals surface area (Å²) in [5.74, 6) is 0.163. The second-order valence-corrected chi connectivity index (χ2v) is 8.49. The van der Waals surface area contributed by atoms with Crippen molar-refractivity contribution in [3.05, 3.63) is 71.9 Å². The molecule has 4 rings (SSSR count). The van der Waals surface area contributed by atoms with Crippen molar-refractivity contribution < 1.29 is 23.2 Å². The summed E-state index contributed by atoms with van der Waals surface area (Å²) in [4.78, 5) is 37.4. The van der Waals surface area contributed by atoms with Crippen LogP contribution in [-0.2, 0) is 11.3 Å². The minimum absolute atomic E-state index is 0.125. The van der Waals surface area contributed by atoms with Gasteiger partial charge in [0.15, 0.2) is 11.5 Å². The number of amides is 3. The Morgan fingerprint density at radius 3 is 2.53 bits per heavy atom. The van der Waals surface area contributed by atoms with Gasteiger partial charge in [0.05, 0.1) is 6.26 Å². The Morgan fingerprint density at radius 1 is 0.971 bits per heavy atom. The zero-order valence-corrected chi connectivity index (χ0v) is 19.1. The van der Waals surface area contributed by atoms with Gasteiger partial charge in [-0.05, 0) is 54.7 Å². The molecular weight excluding hydrogens is 434 g/mol. The van der Waals surface area contributed by atoms with Crippen molar-refractivity contribution in [1.82, 2.24) is 16.0 Å². The summed E-state index contributed by atoms with van der Waals surface area (Å²) in [5.41, 5.74) is 1.65. The molecule has 0 saturated heterocycles. The molecule has 1 aliphatic rings. The van der Waals surface area contributed by atoms with Crippen LogP contribution in [0.1, 0.15) is 58.8 Å². The molecule has 1 aromatic carbocycles. The summed E-state index contributed by atoms with van der Waals surface area (Å²) in [6, 6.07) is 13.5. The van der Waals surface area contributed by atoms with Gasteiger partial charge in [-0.25, -0.2) is 0 Å². The van der Waals surface area contributed by atoms with E-state index in [2.05, 4.69) is 16.0 Å². The Balaban J connectivity index is 1.42. The van der Waals surface area contributed by atoms with Crippen LogP contribution in [-0.4, -0.2) is 30.8 Å². The number of rotatable bonds is 8. The van der Waals surface area contributed by atoms with Crippen LogP contribution in [0.25, 0.3) is 11.3 Å². The average Bonchev–Trinajstić information content (AvgIpc) is 3.59. The van der Waals surface area contributed by atoms with E-state index in [1.807, 2.05) is 24.3 Å². The van der Waals surface area contributed by atoms with Gasteiger partial charge in [0.25, 0.3) is 11.8 Å². The van der Waals surface area contributed by atoms with Crippen molar-refractivity contribution in [2.75, 3.05) is 7.05 Å². The largest absolute Gasteiger partial charge is 0.459 e. The first-order valence-corrected chi connectivity index (χ1v) is 11.6. The molecule has 3 amide bonds. The average molecular weight is 464 g/mol. The summed E-state index contributed by atoms with van der Waals surface area (Å²) >= 11 is 0. The van der Waals surface area contributed by atoms with E-state index in [1.165, 1.54) is 6.26 Å². The van der Waals surface area contributed by atoms with E-state index in [1.54, 1.807) is 31.3 Å². The van der Waals surface area contributed by atoms with Crippen molar-refractivity contribution in [1.29, 1.82) is 0 Å². The van der Waals surface area contributed by atoms with E-state index in [0.29, 0.717) is 12.3 Å². The van der Waals surface area contributed by atoms with Crippen LogP contribution in [0.15, 0.2) is 63.6 Å². The van der Waals surface area contributed by atoms with Gasteiger partial charge in [0.1, 0.15) is 11.8 Å². The smallest absolute Gasteiger partial charge is 0.287 e. The number of nitrogens with one attached hydrogen (secondary N) is 3. The maximum absolute atomic E-state index is 12.9. The predicted octanol–water partition coefficient (Wildman–Crippen LogP) is 3.89. The summed E-state index contributed by atoms with van der Waals surface area (Å²) in [6.45, 7) is 0.316. The minimum Gasteiger partial charge on any atom is -0.459 e. The third-order valence-electron chi connectivity index (χ3n) is 6.18. The van der Waals surface area contributed by atoms with Crippen molar-refractivity contribution in [2.45, 2.75) is 44.7 Å². The lowest BCUT2D eigenvalue weighted by molar-refractivity contribution is -0.124. The number of furan rings is 2. The predicted molar refractivity (Wildman–Crippen MR) is 126 cm³/mol. The molecule has 1 fully saturated rings. The molecule has 8 heteroatoms. The lowest BCUT2D eigenvalue weighted by Gasteiger charge is -2.29. The molecule has 2 aromatic heterocycles. The molecule has 1 aliphatic carbocycles. The fourth-order valence-corrected chi connectivity index (χ4v) is 4.36. The number of hydrogen-bond acceptors (Lipinski definition) is 5. The molecule has 0 unspecified atom stereocenters. The van der Waals surface area contributed by atoms with E-state index in [-0.39, 0.29) is 29.3 Å². The van der Waals surface area contributed by atoms with Gasteiger partial charge >= 0.3 is 0 Å². The van der Waals surface area contributed by atoms with Gasteiger partial charge in [0, 0.05) is 19.2 Å². The highest BCUT2D eigenvalue weighted by atomic mass is 16.4. The molecule has 0 radical (unpaired) electrons.